The van der Waals surface area contributed by atoms with Crippen LogP contribution in [0.5, 0.6) is 0 Å². The van der Waals surface area contributed by atoms with Gasteiger partial charge in [0, 0.05) is 19.6 Å². The first-order chi connectivity index (χ1) is 6.40. The van der Waals surface area contributed by atoms with E-state index in [0.717, 1.165) is 19.5 Å². The molecular formula is C10H23N3O2. The fourth-order valence-electron chi connectivity index (χ4n) is 1.45. The second-order valence-corrected chi connectivity index (χ2v) is 4.74. The highest BCUT2D eigenvalue weighted by atomic mass is 16.6. The second-order valence-electron chi connectivity index (χ2n) is 4.74. The topological polar surface area (TPSA) is 76.6 Å². The van der Waals surface area contributed by atoms with Crippen molar-refractivity contribution < 1.29 is 9.53 Å². The maximum atomic E-state index is 11.6. The second kappa shape index (κ2) is 5.32. The summed E-state index contributed by atoms with van der Waals surface area (Å²) in [6.07, 6.45) is 0.779. The lowest BCUT2D eigenvalue weighted by Crippen LogP contribution is -2.41. The predicted octanol–water partition coefficient (Wildman–Crippen LogP) is 1.38. The fourth-order valence-corrected chi connectivity index (χ4v) is 1.45. The molecule has 0 aliphatic carbocycles. The molecule has 1 atom stereocenters. The summed E-state index contributed by atoms with van der Waals surface area (Å²) in [5.74, 6) is 0. The third kappa shape index (κ3) is 4.48. The number of likely N-dealkylation sites (N-methyl/N-ethyl adjacent to an activating group) is 1. The van der Waals surface area contributed by atoms with Crippen molar-refractivity contribution in [3.8, 4) is 0 Å². The third-order valence-electron chi connectivity index (χ3n) is 2.26. The molecule has 1 rings (SSSR count). The molecule has 1 heterocycles. The Labute approximate surface area is 91.7 Å². The van der Waals surface area contributed by atoms with Crippen LogP contribution in [0.4, 0.5) is 4.79 Å². The van der Waals surface area contributed by atoms with Gasteiger partial charge in [0.1, 0.15) is 5.60 Å². The van der Waals surface area contributed by atoms with Gasteiger partial charge >= 0.3 is 6.09 Å². The molecule has 0 aromatic carbocycles. The Bertz CT molecular complexity index is 207. The molecule has 1 aliphatic heterocycles. The van der Waals surface area contributed by atoms with Crippen LogP contribution < -0.4 is 11.5 Å². The maximum absolute atomic E-state index is 11.6. The molecule has 1 amide bonds. The molecule has 4 N–H and O–H groups in total. The molecule has 15 heavy (non-hydrogen) atoms. The molecule has 0 aromatic rings. The fraction of sp³-hybridized carbons (Fsp3) is 0.900. The highest BCUT2D eigenvalue weighted by Crippen LogP contribution is 2.13. The van der Waals surface area contributed by atoms with Crippen LogP contribution in [0.25, 0.3) is 0 Å². The Morgan fingerprint density at radius 1 is 1.47 bits per heavy atom. The van der Waals surface area contributed by atoms with Gasteiger partial charge in [0.05, 0.1) is 0 Å². The van der Waals surface area contributed by atoms with Crippen LogP contribution in [-0.4, -0.2) is 42.8 Å². The summed E-state index contributed by atoms with van der Waals surface area (Å²) in [6.45, 7) is 7.50. The zero-order valence-electron chi connectivity index (χ0n) is 10.2. The summed E-state index contributed by atoms with van der Waals surface area (Å²) >= 11 is 0. The number of amides is 1. The van der Waals surface area contributed by atoms with Gasteiger partial charge in [-0.1, -0.05) is 0 Å². The number of rotatable bonds is 1. The van der Waals surface area contributed by atoms with Crippen molar-refractivity contribution in [1.82, 2.24) is 16.4 Å². The third-order valence-corrected chi connectivity index (χ3v) is 2.26. The summed E-state index contributed by atoms with van der Waals surface area (Å²) in [4.78, 5) is 13.3. The number of hydrogen-bond donors (Lipinski definition) is 2. The number of carbonyl (C=O) groups is 1. The van der Waals surface area contributed by atoms with Gasteiger partial charge in [-0.3, -0.25) is 0 Å². The van der Waals surface area contributed by atoms with E-state index in [-0.39, 0.29) is 18.3 Å². The summed E-state index contributed by atoms with van der Waals surface area (Å²) in [5.41, 5.74) is -0.405. The van der Waals surface area contributed by atoms with Gasteiger partial charge in [-0.15, -0.1) is 0 Å². The molecular weight excluding hydrogens is 194 g/mol. The van der Waals surface area contributed by atoms with Gasteiger partial charge in [0.15, 0.2) is 0 Å². The van der Waals surface area contributed by atoms with Crippen molar-refractivity contribution in [3.05, 3.63) is 0 Å². The number of ether oxygens (including phenoxy) is 1. The average molecular weight is 217 g/mol. The predicted molar refractivity (Wildman–Crippen MR) is 60.3 cm³/mol. The molecule has 0 spiro atoms. The summed E-state index contributed by atoms with van der Waals surface area (Å²) in [6, 6.07) is 0.282. The largest absolute Gasteiger partial charge is 0.444 e. The van der Waals surface area contributed by atoms with E-state index in [2.05, 4.69) is 5.32 Å². The van der Waals surface area contributed by atoms with Crippen molar-refractivity contribution in [1.29, 1.82) is 0 Å². The number of nitrogens with zero attached hydrogens (tertiary/aromatic N) is 1. The van der Waals surface area contributed by atoms with E-state index in [1.165, 1.54) is 0 Å². The SMILES string of the molecule is CN(C(=O)OC(C)(C)C)C1CCNC1.N. The molecule has 1 aliphatic rings. The smallest absolute Gasteiger partial charge is 0.410 e. The monoisotopic (exact) mass is 217 g/mol. The van der Waals surface area contributed by atoms with Gasteiger partial charge in [0.25, 0.3) is 0 Å². The van der Waals surface area contributed by atoms with E-state index < -0.39 is 5.60 Å². The van der Waals surface area contributed by atoms with Gasteiger partial charge in [-0.25, -0.2) is 4.79 Å². The minimum Gasteiger partial charge on any atom is -0.444 e. The van der Waals surface area contributed by atoms with Crippen LogP contribution in [0.2, 0.25) is 0 Å². The lowest BCUT2D eigenvalue weighted by atomic mass is 10.2. The average Bonchev–Trinajstić information content (AvgIpc) is 2.51. The van der Waals surface area contributed by atoms with Crippen LogP contribution in [0.3, 0.4) is 0 Å². The highest BCUT2D eigenvalue weighted by Gasteiger charge is 2.26. The van der Waals surface area contributed by atoms with Gasteiger partial charge in [0.2, 0.25) is 0 Å². The van der Waals surface area contributed by atoms with E-state index in [0.29, 0.717) is 0 Å². The Morgan fingerprint density at radius 2 is 2.07 bits per heavy atom. The van der Waals surface area contributed by atoms with Crippen molar-refractivity contribution >= 4 is 6.09 Å². The molecule has 1 saturated heterocycles. The van der Waals surface area contributed by atoms with Crippen LogP contribution in [0.1, 0.15) is 27.2 Å². The van der Waals surface area contributed by atoms with Gasteiger partial charge < -0.3 is 21.1 Å². The van der Waals surface area contributed by atoms with Crippen LogP contribution in [0.15, 0.2) is 0 Å². The minimum atomic E-state index is -0.405. The van der Waals surface area contributed by atoms with Crippen LogP contribution in [0, 0.1) is 0 Å². The molecule has 0 aromatic heterocycles. The molecule has 5 nitrogen and oxygen atoms in total. The van der Waals surface area contributed by atoms with E-state index in [9.17, 15) is 4.79 Å². The first-order valence-corrected chi connectivity index (χ1v) is 5.06. The summed E-state index contributed by atoms with van der Waals surface area (Å²) < 4.78 is 5.27. The first kappa shape index (κ1) is 14.2. The van der Waals surface area contributed by atoms with Crippen molar-refractivity contribution in [2.75, 3.05) is 20.1 Å². The molecule has 90 valence electrons. The Kier molecular flexibility index (Phi) is 5.03. The molecule has 0 saturated carbocycles. The lowest BCUT2D eigenvalue weighted by Gasteiger charge is -2.28. The quantitative estimate of drug-likeness (QED) is 0.695. The van der Waals surface area contributed by atoms with Crippen LogP contribution >= 0.6 is 0 Å². The highest BCUT2D eigenvalue weighted by molar-refractivity contribution is 5.68. The van der Waals surface area contributed by atoms with E-state index in [4.69, 9.17) is 4.74 Å². The van der Waals surface area contributed by atoms with Crippen molar-refractivity contribution in [3.63, 3.8) is 0 Å². The molecule has 1 unspecified atom stereocenters. The van der Waals surface area contributed by atoms with E-state index in [1.807, 2.05) is 20.8 Å². The van der Waals surface area contributed by atoms with Crippen molar-refractivity contribution in [2.24, 2.45) is 0 Å². The lowest BCUT2D eigenvalue weighted by molar-refractivity contribution is 0.0236. The van der Waals surface area contributed by atoms with E-state index >= 15 is 0 Å². The zero-order chi connectivity index (χ0) is 10.8. The standard InChI is InChI=1S/C10H20N2O2.H3N/c1-10(2,3)14-9(13)12(4)8-5-6-11-7-8;/h8,11H,5-7H2,1-4H3;1H3. The normalized spacial score (nSPS) is 20.7. The molecule has 1 fully saturated rings. The number of hydrogen-bond acceptors (Lipinski definition) is 4. The number of carbonyl (C=O) groups excluding carboxylic acids is 1. The first-order valence-electron chi connectivity index (χ1n) is 5.06. The minimum absolute atomic E-state index is 0. The maximum Gasteiger partial charge on any atom is 0.410 e. The summed E-state index contributed by atoms with van der Waals surface area (Å²) in [7, 11) is 1.80. The summed E-state index contributed by atoms with van der Waals surface area (Å²) in [5, 5.41) is 3.22. The number of nitrogens with one attached hydrogen (secondary N) is 1. The van der Waals surface area contributed by atoms with Crippen LogP contribution in [-0.2, 0) is 4.74 Å². The van der Waals surface area contributed by atoms with Crippen molar-refractivity contribution in [2.45, 2.75) is 38.8 Å². The molecule has 0 radical (unpaired) electrons. The molecule has 5 heteroatoms. The Morgan fingerprint density at radius 3 is 2.47 bits per heavy atom. The van der Waals surface area contributed by atoms with Gasteiger partial charge in [-0.05, 0) is 33.7 Å². The molecule has 0 bridgehead atoms. The van der Waals surface area contributed by atoms with E-state index in [1.54, 1.807) is 11.9 Å². The Hall–Kier alpha value is -0.810. The van der Waals surface area contributed by atoms with Gasteiger partial charge in [-0.2, -0.15) is 0 Å². The Balaban J connectivity index is 0.00000196. The zero-order valence-corrected chi connectivity index (χ0v) is 10.2.